The first-order chi connectivity index (χ1) is 9.22. The van der Waals surface area contributed by atoms with Crippen LogP contribution in [0.4, 0.5) is 0 Å². The van der Waals surface area contributed by atoms with Gasteiger partial charge >= 0.3 is 0 Å². The van der Waals surface area contributed by atoms with Crippen LogP contribution in [0.15, 0.2) is 6.07 Å². The van der Waals surface area contributed by atoms with Crippen molar-refractivity contribution < 1.29 is 0 Å². The number of hydrogen-bond donors (Lipinski definition) is 1. The lowest BCUT2D eigenvalue weighted by atomic mass is 9.99. The number of aryl methyl sites for hydroxylation is 2. The summed E-state index contributed by atoms with van der Waals surface area (Å²) in [7, 11) is 2.07. The molecule has 1 unspecified atom stereocenters. The van der Waals surface area contributed by atoms with Gasteiger partial charge in [-0.2, -0.15) is 5.10 Å². The van der Waals surface area contributed by atoms with Gasteiger partial charge in [0.15, 0.2) is 0 Å². The minimum atomic E-state index is 0.831. The smallest absolute Gasteiger partial charge is 0.0597 e. The van der Waals surface area contributed by atoms with Gasteiger partial charge in [-0.3, -0.25) is 9.58 Å². The Morgan fingerprint density at radius 3 is 2.84 bits per heavy atom. The zero-order valence-corrected chi connectivity index (χ0v) is 12.2. The van der Waals surface area contributed by atoms with Crippen LogP contribution in [0.5, 0.6) is 0 Å². The normalized spacial score (nSPS) is 24.1. The van der Waals surface area contributed by atoms with Gasteiger partial charge in [0.05, 0.1) is 11.4 Å². The molecule has 2 aliphatic rings. The minimum Gasteiger partial charge on any atom is -0.316 e. The highest BCUT2D eigenvalue weighted by molar-refractivity contribution is 5.09. The Balaban J connectivity index is 1.62. The van der Waals surface area contributed by atoms with E-state index < -0.39 is 0 Å². The zero-order chi connectivity index (χ0) is 13.2. The van der Waals surface area contributed by atoms with Crippen molar-refractivity contribution in [3.05, 3.63) is 17.5 Å². The molecule has 1 aliphatic heterocycles. The maximum Gasteiger partial charge on any atom is 0.0597 e. The van der Waals surface area contributed by atoms with Crippen molar-refractivity contribution in [1.29, 1.82) is 0 Å². The fourth-order valence-electron chi connectivity index (χ4n) is 3.21. The van der Waals surface area contributed by atoms with Gasteiger partial charge in [-0.1, -0.05) is 0 Å². The minimum absolute atomic E-state index is 0.831. The molecule has 1 aromatic heterocycles. The molecule has 4 heteroatoms. The molecule has 2 fully saturated rings. The number of aromatic nitrogens is 2. The number of piperidine rings is 1. The van der Waals surface area contributed by atoms with E-state index in [1.807, 2.05) is 4.68 Å². The monoisotopic (exact) mass is 262 g/mol. The summed E-state index contributed by atoms with van der Waals surface area (Å²) in [6, 6.07) is 3.06. The van der Waals surface area contributed by atoms with E-state index in [-0.39, 0.29) is 0 Å². The molecule has 1 aromatic rings. The van der Waals surface area contributed by atoms with Gasteiger partial charge in [0.25, 0.3) is 0 Å². The average molecular weight is 262 g/mol. The highest BCUT2D eigenvalue weighted by atomic mass is 15.3. The lowest BCUT2D eigenvalue weighted by Gasteiger charge is -2.30. The van der Waals surface area contributed by atoms with Crippen molar-refractivity contribution in [3.63, 3.8) is 0 Å². The Morgan fingerprint density at radius 1 is 1.42 bits per heavy atom. The van der Waals surface area contributed by atoms with E-state index >= 15 is 0 Å². The van der Waals surface area contributed by atoms with E-state index in [1.54, 1.807) is 0 Å². The van der Waals surface area contributed by atoms with Crippen molar-refractivity contribution in [1.82, 2.24) is 20.0 Å². The molecule has 4 nitrogen and oxygen atoms in total. The maximum absolute atomic E-state index is 4.47. The first-order valence-corrected chi connectivity index (χ1v) is 7.66. The number of rotatable bonds is 5. The molecule has 1 saturated carbocycles. The fourth-order valence-corrected chi connectivity index (χ4v) is 3.21. The predicted molar refractivity (Wildman–Crippen MR) is 77.0 cm³/mol. The van der Waals surface area contributed by atoms with Crippen LogP contribution in [-0.2, 0) is 13.6 Å². The maximum atomic E-state index is 4.47. The van der Waals surface area contributed by atoms with E-state index in [1.165, 1.54) is 51.0 Å². The van der Waals surface area contributed by atoms with Crippen molar-refractivity contribution in [2.75, 3.05) is 19.6 Å². The summed E-state index contributed by atoms with van der Waals surface area (Å²) in [5.41, 5.74) is 2.49. The van der Waals surface area contributed by atoms with Crippen molar-refractivity contribution in [2.45, 2.75) is 45.2 Å². The molecular weight excluding hydrogens is 236 g/mol. The molecule has 1 N–H and O–H groups in total. The molecule has 1 saturated heterocycles. The molecule has 3 rings (SSSR count). The van der Waals surface area contributed by atoms with Crippen LogP contribution in [0.1, 0.15) is 37.1 Å². The van der Waals surface area contributed by atoms with E-state index in [4.69, 9.17) is 0 Å². The Hall–Kier alpha value is -0.870. The van der Waals surface area contributed by atoms with Crippen molar-refractivity contribution in [2.24, 2.45) is 13.0 Å². The van der Waals surface area contributed by atoms with Crippen LogP contribution in [0, 0.1) is 12.8 Å². The molecule has 0 bridgehead atoms. The standard InChI is InChI=1S/C15H26N4/c1-12-8-15(18(2)17-12)11-19(14-5-6-14)10-13-4-3-7-16-9-13/h8,13-14,16H,3-7,9-11H2,1-2H3. The molecule has 0 amide bonds. The van der Waals surface area contributed by atoms with Crippen LogP contribution in [0.25, 0.3) is 0 Å². The number of hydrogen-bond acceptors (Lipinski definition) is 3. The van der Waals surface area contributed by atoms with Gasteiger partial charge in [0.1, 0.15) is 0 Å². The third-order valence-corrected chi connectivity index (χ3v) is 4.42. The molecular formula is C15H26N4. The third-order valence-electron chi connectivity index (χ3n) is 4.42. The molecule has 0 aromatic carbocycles. The van der Waals surface area contributed by atoms with E-state index in [0.717, 1.165) is 24.2 Å². The Bertz CT molecular complexity index is 416. The van der Waals surface area contributed by atoms with E-state index in [2.05, 4.69) is 35.4 Å². The van der Waals surface area contributed by atoms with Crippen LogP contribution >= 0.6 is 0 Å². The topological polar surface area (TPSA) is 33.1 Å². The first kappa shape index (κ1) is 13.1. The Labute approximate surface area is 116 Å². The molecule has 2 heterocycles. The largest absolute Gasteiger partial charge is 0.316 e. The van der Waals surface area contributed by atoms with Gasteiger partial charge in [0.2, 0.25) is 0 Å². The Morgan fingerprint density at radius 2 is 2.26 bits per heavy atom. The molecule has 106 valence electrons. The van der Waals surface area contributed by atoms with Crippen LogP contribution < -0.4 is 5.32 Å². The number of nitrogens with one attached hydrogen (secondary N) is 1. The molecule has 1 aliphatic carbocycles. The summed E-state index contributed by atoms with van der Waals surface area (Å²) in [5.74, 6) is 0.837. The third kappa shape index (κ3) is 3.37. The van der Waals surface area contributed by atoms with Gasteiger partial charge in [-0.05, 0) is 57.7 Å². The summed E-state index contributed by atoms with van der Waals surface area (Å²) >= 11 is 0. The van der Waals surface area contributed by atoms with Crippen LogP contribution in [-0.4, -0.2) is 40.4 Å². The van der Waals surface area contributed by atoms with E-state index in [0.29, 0.717) is 0 Å². The molecule has 1 atom stereocenters. The summed E-state index contributed by atoms with van der Waals surface area (Å²) < 4.78 is 2.05. The van der Waals surface area contributed by atoms with Gasteiger partial charge < -0.3 is 5.32 Å². The zero-order valence-electron chi connectivity index (χ0n) is 12.2. The lowest BCUT2D eigenvalue weighted by molar-refractivity contribution is 0.189. The fraction of sp³-hybridized carbons (Fsp3) is 0.800. The van der Waals surface area contributed by atoms with Crippen LogP contribution in [0.3, 0.4) is 0 Å². The second-order valence-electron chi connectivity index (χ2n) is 6.27. The first-order valence-electron chi connectivity index (χ1n) is 7.66. The lowest BCUT2D eigenvalue weighted by Crippen LogP contribution is -2.39. The highest BCUT2D eigenvalue weighted by Crippen LogP contribution is 2.30. The van der Waals surface area contributed by atoms with Crippen molar-refractivity contribution in [3.8, 4) is 0 Å². The van der Waals surface area contributed by atoms with Gasteiger partial charge in [-0.25, -0.2) is 0 Å². The summed E-state index contributed by atoms with van der Waals surface area (Å²) in [6.45, 7) is 6.81. The summed E-state index contributed by atoms with van der Waals surface area (Å²) in [5, 5.41) is 8.00. The van der Waals surface area contributed by atoms with Crippen LogP contribution in [0.2, 0.25) is 0 Å². The summed E-state index contributed by atoms with van der Waals surface area (Å²) in [6.07, 6.45) is 5.50. The predicted octanol–water partition coefficient (Wildman–Crippen LogP) is 1.69. The Kier molecular flexibility index (Phi) is 3.89. The van der Waals surface area contributed by atoms with Crippen molar-refractivity contribution >= 4 is 0 Å². The SMILES string of the molecule is Cc1cc(CN(CC2CCCNC2)C2CC2)n(C)n1. The number of nitrogens with zero attached hydrogens (tertiary/aromatic N) is 3. The summed E-state index contributed by atoms with van der Waals surface area (Å²) in [4.78, 5) is 2.69. The van der Waals surface area contributed by atoms with Gasteiger partial charge in [0, 0.05) is 26.2 Å². The molecule has 0 spiro atoms. The average Bonchev–Trinajstić information content (AvgIpc) is 3.18. The highest BCUT2D eigenvalue weighted by Gasteiger charge is 2.31. The molecule has 0 radical (unpaired) electrons. The van der Waals surface area contributed by atoms with Gasteiger partial charge in [-0.15, -0.1) is 0 Å². The second-order valence-corrected chi connectivity index (χ2v) is 6.27. The quantitative estimate of drug-likeness (QED) is 0.876. The molecule has 19 heavy (non-hydrogen) atoms. The van der Waals surface area contributed by atoms with E-state index in [9.17, 15) is 0 Å². The second kappa shape index (κ2) is 5.63.